The smallest absolute Gasteiger partial charge is 0.0736 e. The zero-order valence-electron chi connectivity index (χ0n) is 36.8. The molecule has 0 amide bonds. The second kappa shape index (κ2) is 15.6. The molecule has 2 bridgehead atoms. The first-order valence-electron chi connectivity index (χ1n) is 21.8. The summed E-state index contributed by atoms with van der Waals surface area (Å²) < 4.78 is 0. The van der Waals surface area contributed by atoms with E-state index in [1.165, 1.54) is 36.0 Å². The lowest BCUT2D eigenvalue weighted by molar-refractivity contribution is 0.145. The highest BCUT2D eigenvalue weighted by atomic mass is 28.3. The van der Waals surface area contributed by atoms with Crippen LogP contribution in [0.25, 0.3) is 16.7 Å². The van der Waals surface area contributed by atoms with Crippen LogP contribution in [0.1, 0.15) is 47.4 Å². The summed E-state index contributed by atoms with van der Waals surface area (Å²) in [5, 5.41) is 3.75. The van der Waals surface area contributed by atoms with Crippen LogP contribution < -0.4 is 0 Å². The van der Waals surface area contributed by atoms with Gasteiger partial charge in [-0.2, -0.15) is 0 Å². The fourth-order valence-corrected chi connectivity index (χ4v) is 21.3. The molecule has 56 heavy (non-hydrogen) atoms. The predicted octanol–water partition coefficient (Wildman–Crippen LogP) is 15.4. The van der Waals surface area contributed by atoms with Crippen LogP contribution in [0.5, 0.6) is 0 Å². The van der Waals surface area contributed by atoms with Gasteiger partial charge in [0.25, 0.3) is 0 Å². The summed E-state index contributed by atoms with van der Waals surface area (Å²) >= 11 is 0. The third kappa shape index (κ3) is 8.02. The highest BCUT2D eigenvalue weighted by Gasteiger charge is 2.60. The highest BCUT2D eigenvalue weighted by molar-refractivity contribution is 6.86. The second-order valence-corrected chi connectivity index (χ2v) is 42.2. The van der Waals surface area contributed by atoms with Gasteiger partial charge in [0.1, 0.15) is 0 Å². The van der Waals surface area contributed by atoms with E-state index in [1.54, 1.807) is 22.3 Å². The minimum atomic E-state index is -1.92. The molecule has 0 radical (unpaired) electrons. The van der Waals surface area contributed by atoms with E-state index in [9.17, 15) is 0 Å². The Kier molecular flexibility index (Phi) is 11.5. The first kappa shape index (κ1) is 41.1. The van der Waals surface area contributed by atoms with E-state index in [2.05, 4.69) is 206 Å². The van der Waals surface area contributed by atoms with Crippen molar-refractivity contribution in [2.75, 3.05) is 0 Å². The quantitative estimate of drug-likeness (QED) is 0.148. The van der Waals surface area contributed by atoms with Gasteiger partial charge in [-0.3, -0.25) is 0 Å². The van der Waals surface area contributed by atoms with Crippen LogP contribution >= 0.6 is 0 Å². The molecule has 0 aromatic heterocycles. The standard InChI is InChI=1S/C52H70Si4/c1-53(2,3)36-43(37-26-17-13-18-27-37)47-42-35-25-34-41(44(50(42)54(4,5)6)38-28-19-14-20-29-38)48-45(39-30-21-15-22-31-39)51(55(7,8)9)46(40-32-23-16-24-33-40)52(49(47)48)56(10,11)12/h13-24,26-33,36,41-42,45,47-49,52H,25,34-35H2,1-12H3/b43-36-. The Morgan fingerprint density at radius 1 is 0.500 bits per heavy atom. The minimum absolute atomic E-state index is 0.380. The number of benzene rings is 4. The van der Waals surface area contributed by atoms with Gasteiger partial charge in [-0.1, -0.05) is 222 Å². The lowest BCUT2D eigenvalue weighted by Gasteiger charge is -2.58. The number of rotatable bonds is 9. The Hall–Kier alpha value is -3.03. The molecular weight excluding hydrogens is 737 g/mol. The Balaban J connectivity index is 1.74. The topological polar surface area (TPSA) is 0 Å². The average Bonchev–Trinajstić information content (AvgIpc) is 3.41. The molecule has 7 unspecified atom stereocenters. The Morgan fingerprint density at radius 2 is 0.964 bits per heavy atom. The second-order valence-electron chi connectivity index (χ2n) is 21.8. The summed E-state index contributed by atoms with van der Waals surface area (Å²) in [6.07, 6.45) is 3.91. The molecule has 4 aromatic carbocycles. The zero-order chi connectivity index (χ0) is 40.2. The van der Waals surface area contributed by atoms with E-state index in [0.29, 0.717) is 41.0 Å². The van der Waals surface area contributed by atoms with Crippen molar-refractivity contribution >= 4 is 49.0 Å². The van der Waals surface area contributed by atoms with Gasteiger partial charge >= 0.3 is 0 Å². The summed E-state index contributed by atoms with van der Waals surface area (Å²) in [6.45, 7) is 32.1. The SMILES string of the molecule is C[Si](C)(C)/C=C(/c1ccccc1)C1C2CCCC(C(c3ccccc3)=C2[Si](C)(C)C)C2C(c3ccccc3)C([Si](C)(C)C)=C(c3ccccc3)C([Si](C)(C)C)C12. The van der Waals surface area contributed by atoms with Crippen LogP contribution in [0.15, 0.2) is 137 Å². The van der Waals surface area contributed by atoms with Crippen molar-refractivity contribution in [3.63, 3.8) is 0 Å². The van der Waals surface area contributed by atoms with Gasteiger partial charge in [-0.05, 0) is 86.9 Å². The van der Waals surface area contributed by atoms with E-state index in [-0.39, 0.29) is 0 Å². The van der Waals surface area contributed by atoms with Gasteiger partial charge in [0.2, 0.25) is 0 Å². The third-order valence-electron chi connectivity index (χ3n) is 13.4. The molecular formula is C52H70Si4. The van der Waals surface area contributed by atoms with E-state index >= 15 is 0 Å². The molecule has 0 heterocycles. The van der Waals surface area contributed by atoms with Gasteiger partial charge in [0.05, 0.1) is 32.3 Å². The van der Waals surface area contributed by atoms with Crippen LogP contribution in [0, 0.1) is 29.6 Å². The molecule has 4 aromatic rings. The molecule has 0 saturated heterocycles. The number of hydrogen-bond donors (Lipinski definition) is 0. The largest absolute Gasteiger partial charge is 0.0910 e. The maximum Gasteiger partial charge on any atom is 0.0736 e. The van der Waals surface area contributed by atoms with Crippen molar-refractivity contribution in [2.45, 2.75) is 109 Å². The summed E-state index contributed by atoms with van der Waals surface area (Å²) in [6, 6.07) is 47.6. The summed E-state index contributed by atoms with van der Waals surface area (Å²) in [5.41, 5.74) is 14.7. The van der Waals surface area contributed by atoms with E-state index < -0.39 is 32.3 Å². The van der Waals surface area contributed by atoms with E-state index in [4.69, 9.17) is 0 Å². The molecule has 0 nitrogen and oxygen atoms in total. The first-order valence-corrected chi connectivity index (χ1v) is 36.0. The predicted molar refractivity (Wildman–Crippen MR) is 259 cm³/mol. The molecule has 7 rings (SSSR count). The Labute approximate surface area is 345 Å². The van der Waals surface area contributed by atoms with Gasteiger partial charge < -0.3 is 0 Å². The third-order valence-corrected chi connectivity index (χ3v) is 21.6. The molecule has 4 heteroatoms. The van der Waals surface area contributed by atoms with Crippen LogP contribution in [-0.2, 0) is 0 Å². The monoisotopic (exact) mass is 806 g/mol. The maximum absolute atomic E-state index is 2.89. The van der Waals surface area contributed by atoms with Crippen molar-refractivity contribution in [2.24, 2.45) is 29.6 Å². The summed E-state index contributed by atoms with van der Waals surface area (Å²) in [4.78, 5) is 0. The fourth-order valence-electron chi connectivity index (χ4n) is 12.1. The lowest BCUT2D eigenvalue weighted by Crippen LogP contribution is -2.52. The molecule has 0 N–H and O–H groups in total. The van der Waals surface area contributed by atoms with Gasteiger partial charge in [-0.15, -0.1) is 0 Å². The molecule has 7 atom stereocenters. The van der Waals surface area contributed by atoms with Gasteiger partial charge in [0.15, 0.2) is 0 Å². The lowest BCUT2D eigenvalue weighted by atomic mass is 9.56. The molecule has 0 spiro atoms. The molecule has 3 aliphatic carbocycles. The zero-order valence-corrected chi connectivity index (χ0v) is 40.8. The first-order chi connectivity index (χ1) is 26.4. The van der Waals surface area contributed by atoms with E-state index in [0.717, 1.165) is 0 Å². The van der Waals surface area contributed by atoms with Crippen molar-refractivity contribution < 1.29 is 0 Å². The van der Waals surface area contributed by atoms with Crippen molar-refractivity contribution in [1.29, 1.82) is 0 Å². The number of allylic oxidation sites excluding steroid dienone is 5. The van der Waals surface area contributed by atoms with Crippen molar-refractivity contribution in [3.8, 4) is 0 Å². The minimum Gasteiger partial charge on any atom is -0.0910 e. The fraction of sp³-hybridized carbons (Fsp3) is 0.423. The Morgan fingerprint density at radius 3 is 1.45 bits per heavy atom. The molecule has 0 fully saturated rings. The maximum atomic E-state index is 2.89. The van der Waals surface area contributed by atoms with Crippen LogP contribution in [0.4, 0.5) is 0 Å². The summed E-state index contributed by atoms with van der Waals surface area (Å²) in [7, 11) is -7.38. The molecule has 3 aliphatic rings. The van der Waals surface area contributed by atoms with Crippen LogP contribution in [0.2, 0.25) is 84.1 Å². The Bertz CT molecular complexity index is 2070. The summed E-state index contributed by atoms with van der Waals surface area (Å²) in [5.74, 6) is 2.90. The van der Waals surface area contributed by atoms with Crippen LogP contribution in [0.3, 0.4) is 0 Å². The van der Waals surface area contributed by atoms with Gasteiger partial charge in [0, 0.05) is 5.92 Å². The van der Waals surface area contributed by atoms with Crippen molar-refractivity contribution in [1.82, 2.24) is 0 Å². The van der Waals surface area contributed by atoms with Crippen LogP contribution in [-0.4, -0.2) is 32.3 Å². The molecule has 294 valence electrons. The van der Waals surface area contributed by atoms with Gasteiger partial charge in [-0.25, -0.2) is 0 Å². The average molecular weight is 807 g/mol. The molecule has 0 aliphatic heterocycles. The highest BCUT2D eigenvalue weighted by Crippen LogP contribution is 2.69. The number of hydrogen-bond acceptors (Lipinski definition) is 0. The van der Waals surface area contributed by atoms with E-state index in [1.807, 2.05) is 10.4 Å². The normalized spacial score (nSPS) is 26.5. The molecule has 0 saturated carbocycles. The number of fused-ring (bicyclic) bond motifs is 4. The van der Waals surface area contributed by atoms with Crippen molar-refractivity contribution in [3.05, 3.63) is 160 Å².